The van der Waals surface area contributed by atoms with Crippen LogP contribution in [0.1, 0.15) is 31.2 Å². The minimum absolute atomic E-state index is 0.0220. The number of likely N-dealkylation sites (tertiary alicyclic amines) is 1. The number of nitrogens with zero attached hydrogens (tertiary/aromatic N) is 1. The molecule has 0 aromatic heterocycles. The van der Waals surface area contributed by atoms with E-state index in [-0.39, 0.29) is 29.9 Å². The van der Waals surface area contributed by atoms with Gasteiger partial charge in [0.1, 0.15) is 5.75 Å². The fourth-order valence-electron chi connectivity index (χ4n) is 3.06. The van der Waals surface area contributed by atoms with Crippen LogP contribution < -0.4 is 5.32 Å². The molecule has 124 valence electrons. The summed E-state index contributed by atoms with van der Waals surface area (Å²) in [5, 5.41) is 12.8. The van der Waals surface area contributed by atoms with Crippen LogP contribution in [-0.4, -0.2) is 41.5 Å². The van der Waals surface area contributed by atoms with Gasteiger partial charge in [-0.3, -0.25) is 9.59 Å². The molecule has 0 radical (unpaired) electrons. The Morgan fingerprint density at radius 3 is 2.74 bits per heavy atom. The number of phenols is 1. The summed E-state index contributed by atoms with van der Waals surface area (Å²) < 4.78 is 0. The zero-order chi connectivity index (χ0) is 16.2. The summed E-state index contributed by atoms with van der Waals surface area (Å²) in [6, 6.07) is 6.90. The maximum atomic E-state index is 12.4. The Balaban J connectivity index is 1.53. The van der Waals surface area contributed by atoms with Crippen molar-refractivity contribution >= 4 is 11.8 Å². The smallest absolute Gasteiger partial charge is 0.227 e. The van der Waals surface area contributed by atoms with Gasteiger partial charge in [0.2, 0.25) is 11.8 Å². The van der Waals surface area contributed by atoms with Crippen LogP contribution in [0.4, 0.5) is 0 Å². The lowest BCUT2D eigenvalue weighted by Crippen LogP contribution is -2.46. The molecule has 5 heteroatoms. The number of benzene rings is 1. The molecule has 1 saturated heterocycles. The monoisotopic (exact) mass is 316 g/mol. The van der Waals surface area contributed by atoms with Gasteiger partial charge in [0.25, 0.3) is 0 Å². The van der Waals surface area contributed by atoms with Gasteiger partial charge in [0, 0.05) is 25.2 Å². The van der Waals surface area contributed by atoms with E-state index in [4.69, 9.17) is 0 Å². The first-order valence-corrected chi connectivity index (χ1v) is 8.46. The number of aromatic hydroxyl groups is 1. The first-order chi connectivity index (χ1) is 11.1. The second kappa shape index (κ2) is 7.02. The molecule has 0 bridgehead atoms. The van der Waals surface area contributed by atoms with Crippen molar-refractivity contribution < 1.29 is 14.7 Å². The van der Waals surface area contributed by atoms with E-state index in [0.29, 0.717) is 24.6 Å². The molecular formula is C18H24N2O3. The van der Waals surface area contributed by atoms with Crippen LogP contribution >= 0.6 is 0 Å². The van der Waals surface area contributed by atoms with Gasteiger partial charge in [0.15, 0.2) is 0 Å². The standard InChI is InChI=1S/C18H24N2O3/c21-16-6-2-1-4-14(16)10-17(22)20-9-3-5-15(12-20)18(23)19-11-13-7-8-13/h1-2,4,6,13,15,21H,3,5,7-12H2,(H,19,23)/t15-/m0/s1. The molecule has 2 aliphatic rings. The molecule has 1 atom stereocenters. The van der Waals surface area contributed by atoms with Crippen LogP contribution in [0.15, 0.2) is 24.3 Å². The number of phenolic OH excluding ortho intramolecular Hbond substituents is 1. The van der Waals surface area contributed by atoms with Crippen molar-refractivity contribution in [1.82, 2.24) is 10.2 Å². The fraction of sp³-hybridized carbons (Fsp3) is 0.556. The first-order valence-electron chi connectivity index (χ1n) is 8.46. The molecule has 0 spiro atoms. The molecule has 1 heterocycles. The lowest BCUT2D eigenvalue weighted by atomic mass is 9.96. The normalized spacial score (nSPS) is 21.0. The molecule has 23 heavy (non-hydrogen) atoms. The van der Waals surface area contributed by atoms with Crippen molar-refractivity contribution in [3.05, 3.63) is 29.8 Å². The number of carbonyl (C=O) groups excluding carboxylic acids is 2. The molecule has 3 rings (SSSR count). The number of nitrogens with one attached hydrogen (secondary N) is 1. The highest BCUT2D eigenvalue weighted by Gasteiger charge is 2.30. The van der Waals surface area contributed by atoms with Crippen molar-refractivity contribution in [3.8, 4) is 5.75 Å². The minimum atomic E-state index is -0.101. The Morgan fingerprint density at radius 2 is 2.00 bits per heavy atom. The second-order valence-corrected chi connectivity index (χ2v) is 6.67. The van der Waals surface area contributed by atoms with E-state index in [0.717, 1.165) is 19.4 Å². The Hall–Kier alpha value is -2.04. The summed E-state index contributed by atoms with van der Waals surface area (Å²) in [6.45, 7) is 1.96. The Bertz CT molecular complexity index is 583. The molecule has 0 unspecified atom stereocenters. The Labute approximate surface area is 136 Å². The summed E-state index contributed by atoms with van der Waals surface area (Å²) in [6.07, 6.45) is 4.32. The van der Waals surface area contributed by atoms with E-state index >= 15 is 0 Å². The van der Waals surface area contributed by atoms with Gasteiger partial charge in [-0.2, -0.15) is 0 Å². The Kier molecular flexibility index (Phi) is 4.84. The molecule has 1 aromatic carbocycles. The Morgan fingerprint density at radius 1 is 1.22 bits per heavy atom. The highest BCUT2D eigenvalue weighted by Crippen LogP contribution is 2.28. The first kappa shape index (κ1) is 15.8. The van der Waals surface area contributed by atoms with Gasteiger partial charge in [0.05, 0.1) is 12.3 Å². The van der Waals surface area contributed by atoms with Crippen molar-refractivity contribution in [1.29, 1.82) is 0 Å². The molecule has 1 aliphatic heterocycles. The largest absolute Gasteiger partial charge is 0.508 e. The number of amides is 2. The molecule has 1 aliphatic carbocycles. The summed E-state index contributed by atoms with van der Waals surface area (Å²) in [7, 11) is 0. The number of piperidine rings is 1. The van der Waals surface area contributed by atoms with Crippen molar-refractivity contribution in [3.63, 3.8) is 0 Å². The number of hydrogen-bond acceptors (Lipinski definition) is 3. The predicted octanol–water partition coefficient (Wildman–Crippen LogP) is 1.70. The topological polar surface area (TPSA) is 69.6 Å². The SMILES string of the molecule is O=C(NCC1CC1)[C@H]1CCCN(C(=O)Cc2ccccc2O)C1. The van der Waals surface area contributed by atoms with E-state index in [9.17, 15) is 14.7 Å². The third-order valence-electron chi connectivity index (χ3n) is 4.74. The number of rotatable bonds is 5. The van der Waals surface area contributed by atoms with Crippen LogP contribution in [0.25, 0.3) is 0 Å². The van der Waals surface area contributed by atoms with Gasteiger partial charge < -0.3 is 15.3 Å². The zero-order valence-electron chi connectivity index (χ0n) is 13.3. The third kappa shape index (κ3) is 4.24. The zero-order valence-corrected chi connectivity index (χ0v) is 13.3. The predicted molar refractivity (Wildman–Crippen MR) is 86.8 cm³/mol. The van der Waals surface area contributed by atoms with Gasteiger partial charge in [-0.25, -0.2) is 0 Å². The number of para-hydroxylation sites is 1. The number of carbonyl (C=O) groups is 2. The third-order valence-corrected chi connectivity index (χ3v) is 4.74. The van der Waals surface area contributed by atoms with E-state index in [1.165, 1.54) is 12.8 Å². The van der Waals surface area contributed by atoms with Crippen LogP contribution in [0, 0.1) is 11.8 Å². The van der Waals surface area contributed by atoms with Crippen LogP contribution in [0.5, 0.6) is 5.75 Å². The summed E-state index contributed by atoms with van der Waals surface area (Å²) >= 11 is 0. The quantitative estimate of drug-likeness (QED) is 0.868. The maximum absolute atomic E-state index is 12.4. The second-order valence-electron chi connectivity index (χ2n) is 6.67. The minimum Gasteiger partial charge on any atom is -0.508 e. The highest BCUT2D eigenvalue weighted by atomic mass is 16.3. The lowest BCUT2D eigenvalue weighted by molar-refractivity contribution is -0.135. The molecule has 1 saturated carbocycles. The lowest BCUT2D eigenvalue weighted by Gasteiger charge is -2.32. The molecule has 2 fully saturated rings. The highest BCUT2D eigenvalue weighted by molar-refractivity contribution is 5.82. The maximum Gasteiger partial charge on any atom is 0.227 e. The van der Waals surface area contributed by atoms with E-state index < -0.39 is 0 Å². The summed E-state index contributed by atoms with van der Waals surface area (Å²) in [4.78, 5) is 26.4. The average molecular weight is 316 g/mol. The van der Waals surface area contributed by atoms with E-state index in [1.807, 2.05) is 6.07 Å². The van der Waals surface area contributed by atoms with Gasteiger partial charge in [-0.05, 0) is 37.7 Å². The summed E-state index contributed by atoms with van der Waals surface area (Å²) in [5.74, 6) is 0.775. The van der Waals surface area contributed by atoms with Crippen LogP contribution in [0.3, 0.4) is 0 Å². The van der Waals surface area contributed by atoms with Crippen LogP contribution in [-0.2, 0) is 16.0 Å². The van der Waals surface area contributed by atoms with Gasteiger partial charge in [-0.15, -0.1) is 0 Å². The van der Waals surface area contributed by atoms with Crippen molar-refractivity contribution in [2.24, 2.45) is 11.8 Å². The van der Waals surface area contributed by atoms with Gasteiger partial charge in [-0.1, -0.05) is 18.2 Å². The van der Waals surface area contributed by atoms with Crippen molar-refractivity contribution in [2.75, 3.05) is 19.6 Å². The number of hydrogen-bond donors (Lipinski definition) is 2. The van der Waals surface area contributed by atoms with Crippen molar-refractivity contribution in [2.45, 2.75) is 32.1 Å². The van der Waals surface area contributed by atoms with E-state index in [1.54, 1.807) is 23.1 Å². The average Bonchev–Trinajstić information content (AvgIpc) is 3.39. The van der Waals surface area contributed by atoms with Crippen LogP contribution in [0.2, 0.25) is 0 Å². The molecule has 1 aromatic rings. The fourth-order valence-corrected chi connectivity index (χ4v) is 3.06. The van der Waals surface area contributed by atoms with E-state index in [2.05, 4.69) is 5.32 Å². The molecule has 5 nitrogen and oxygen atoms in total. The van der Waals surface area contributed by atoms with Gasteiger partial charge >= 0.3 is 0 Å². The molecule has 2 amide bonds. The summed E-state index contributed by atoms with van der Waals surface area (Å²) in [5.41, 5.74) is 0.637. The molecule has 2 N–H and O–H groups in total. The molecular weight excluding hydrogens is 292 g/mol.